The quantitative estimate of drug-likeness (QED) is 0.658. The molecule has 0 aromatic heterocycles. The molecule has 3 N–H and O–H groups in total. The van der Waals surface area contributed by atoms with E-state index in [-0.39, 0.29) is 23.1 Å². The minimum absolute atomic E-state index is 0.00797. The second-order valence-corrected chi connectivity index (χ2v) is 8.94. The number of nitrogens with one attached hydrogen (secondary N) is 3. The van der Waals surface area contributed by atoms with Gasteiger partial charge in [-0.2, -0.15) is 0 Å². The number of carbonyl (C=O) groups is 2. The number of hydrogen-bond acceptors (Lipinski definition) is 3. The first-order valence-corrected chi connectivity index (χ1v) is 10.4. The van der Waals surface area contributed by atoms with Crippen LogP contribution >= 0.6 is 0 Å². The summed E-state index contributed by atoms with van der Waals surface area (Å²) in [6, 6.07) is 12.0. The zero-order chi connectivity index (χ0) is 20.8. The Hall–Kier alpha value is -2.67. The number of hydrogen-bond donors (Lipinski definition) is 3. The van der Waals surface area contributed by atoms with Crippen LogP contribution in [0.2, 0.25) is 0 Å². The highest BCUT2D eigenvalue weighted by atomic mass is 32.2. The highest BCUT2D eigenvalue weighted by Crippen LogP contribution is 2.17. The van der Waals surface area contributed by atoms with Crippen LogP contribution in [0.5, 0.6) is 0 Å². The lowest BCUT2D eigenvalue weighted by atomic mass is 10.1. The molecule has 0 fully saturated rings. The average molecular weight is 402 g/mol. The molecule has 0 saturated heterocycles. The molecule has 6 nitrogen and oxygen atoms in total. The summed E-state index contributed by atoms with van der Waals surface area (Å²) >= 11 is 0. The maximum Gasteiger partial charge on any atom is 0.255 e. The van der Waals surface area contributed by atoms with Crippen molar-refractivity contribution in [3.05, 3.63) is 59.2 Å². The van der Waals surface area contributed by atoms with E-state index >= 15 is 0 Å². The molecular weight excluding hydrogens is 374 g/mol. The number of anilines is 2. The van der Waals surface area contributed by atoms with Crippen LogP contribution in [0.25, 0.3) is 0 Å². The normalized spacial score (nSPS) is 12.0. The number of rotatable bonds is 7. The number of carbonyl (C=O) groups excluding carboxylic acids is 2. The van der Waals surface area contributed by atoms with E-state index in [0.29, 0.717) is 22.5 Å². The Morgan fingerprint density at radius 3 is 2.07 bits per heavy atom. The monoisotopic (exact) mass is 401 g/mol. The lowest BCUT2D eigenvalue weighted by molar-refractivity contribution is 0.0941. The topological polar surface area (TPSA) is 87.3 Å². The van der Waals surface area contributed by atoms with Crippen molar-refractivity contribution in [3.8, 4) is 0 Å². The van der Waals surface area contributed by atoms with E-state index in [4.69, 9.17) is 0 Å². The molecule has 28 heavy (non-hydrogen) atoms. The van der Waals surface area contributed by atoms with Gasteiger partial charge in [0, 0.05) is 33.8 Å². The van der Waals surface area contributed by atoms with E-state index in [2.05, 4.69) is 15.4 Å². The molecule has 1 unspecified atom stereocenters. The molecular formula is C21H27N3O3S. The van der Waals surface area contributed by atoms with Gasteiger partial charge in [-0.25, -0.2) is 4.21 Å². The van der Waals surface area contributed by atoms with Crippen LogP contribution in [0.1, 0.15) is 54.0 Å². The van der Waals surface area contributed by atoms with E-state index in [1.807, 2.05) is 40.7 Å². The lowest BCUT2D eigenvalue weighted by Gasteiger charge is -2.12. The smallest absolute Gasteiger partial charge is 0.255 e. The van der Waals surface area contributed by atoms with Crippen molar-refractivity contribution in [3.63, 3.8) is 0 Å². The Balaban J connectivity index is 2.11. The van der Waals surface area contributed by atoms with Gasteiger partial charge in [-0.15, -0.1) is 0 Å². The van der Waals surface area contributed by atoms with Gasteiger partial charge in [-0.1, -0.05) is 0 Å². The number of benzene rings is 2. The molecule has 7 heteroatoms. The summed E-state index contributed by atoms with van der Waals surface area (Å²) in [4.78, 5) is 24.8. The Morgan fingerprint density at radius 2 is 1.50 bits per heavy atom. The molecule has 2 rings (SSSR count). The van der Waals surface area contributed by atoms with Gasteiger partial charge < -0.3 is 15.4 Å². The summed E-state index contributed by atoms with van der Waals surface area (Å²) in [5, 5.41) is 5.66. The van der Waals surface area contributed by atoms with Crippen LogP contribution in [0.3, 0.4) is 0 Å². The molecule has 0 saturated carbocycles. The summed E-state index contributed by atoms with van der Waals surface area (Å²) in [7, 11) is -1.17. The van der Waals surface area contributed by atoms with E-state index in [1.165, 1.54) is 0 Å². The zero-order valence-corrected chi connectivity index (χ0v) is 17.6. The van der Waals surface area contributed by atoms with E-state index in [9.17, 15) is 13.8 Å². The number of amides is 2. The second kappa shape index (κ2) is 9.50. The Kier molecular flexibility index (Phi) is 7.34. The molecule has 0 aliphatic heterocycles. The fraction of sp³-hybridized carbons (Fsp3) is 0.333. The highest BCUT2D eigenvalue weighted by Gasteiger charge is 2.12. The maximum atomic E-state index is 12.5. The maximum absolute atomic E-state index is 12.5. The first-order valence-electron chi connectivity index (χ1n) is 9.17. The van der Waals surface area contributed by atoms with Crippen LogP contribution in [0.15, 0.2) is 42.5 Å². The van der Waals surface area contributed by atoms with Crippen LogP contribution < -0.4 is 15.4 Å². The fourth-order valence-electron chi connectivity index (χ4n) is 2.46. The summed E-state index contributed by atoms with van der Waals surface area (Å²) < 4.78 is 14.7. The molecule has 2 aromatic carbocycles. The largest absolute Gasteiger partial charge is 0.350 e. The Labute approximate surface area is 168 Å². The van der Waals surface area contributed by atoms with Crippen LogP contribution in [0, 0.1) is 6.92 Å². The first-order chi connectivity index (χ1) is 13.2. The fourth-order valence-corrected chi connectivity index (χ4v) is 3.06. The van der Waals surface area contributed by atoms with Crippen molar-refractivity contribution >= 4 is 34.2 Å². The van der Waals surface area contributed by atoms with Crippen molar-refractivity contribution in [2.24, 2.45) is 0 Å². The molecule has 0 spiro atoms. The first kappa shape index (κ1) is 21.6. The van der Waals surface area contributed by atoms with Crippen LogP contribution in [-0.4, -0.2) is 27.3 Å². The summed E-state index contributed by atoms with van der Waals surface area (Å²) in [6.07, 6.45) is 0. The van der Waals surface area contributed by atoms with E-state index < -0.39 is 11.0 Å². The molecule has 150 valence electrons. The Bertz CT molecular complexity index is 877. The molecule has 0 heterocycles. The molecule has 0 bridgehead atoms. The van der Waals surface area contributed by atoms with E-state index in [0.717, 1.165) is 5.56 Å². The number of aryl methyl sites for hydroxylation is 1. The lowest BCUT2D eigenvalue weighted by Crippen LogP contribution is -2.30. The predicted octanol–water partition coefficient (Wildman–Crippen LogP) is 3.87. The van der Waals surface area contributed by atoms with Crippen LogP contribution in [0.4, 0.5) is 11.4 Å². The summed E-state index contributed by atoms with van der Waals surface area (Å²) in [5.41, 5.74) is 3.09. The molecule has 0 aliphatic carbocycles. The van der Waals surface area contributed by atoms with Gasteiger partial charge in [-0.3, -0.25) is 9.59 Å². The standard InChI is InChI=1S/C21H27N3O3S/c1-13(2)22-21(26)17-10-15(5)11-19(12-17)23-20(25)16-6-8-18(9-7-16)24-28(27)14(3)4/h6-14,24H,1-5H3,(H,22,26)(H,23,25). The minimum atomic E-state index is -1.17. The summed E-state index contributed by atoms with van der Waals surface area (Å²) in [6.45, 7) is 9.39. The third kappa shape index (κ3) is 6.20. The van der Waals surface area contributed by atoms with Crippen molar-refractivity contribution < 1.29 is 13.8 Å². The molecule has 1 atom stereocenters. The van der Waals surface area contributed by atoms with Crippen molar-refractivity contribution in [2.45, 2.75) is 45.9 Å². The van der Waals surface area contributed by atoms with Gasteiger partial charge in [0.2, 0.25) is 0 Å². The van der Waals surface area contributed by atoms with E-state index in [1.54, 1.807) is 36.4 Å². The zero-order valence-electron chi connectivity index (χ0n) is 16.8. The predicted molar refractivity (Wildman–Crippen MR) is 115 cm³/mol. The SMILES string of the molecule is Cc1cc(NC(=O)c2ccc(NS(=O)C(C)C)cc2)cc(C(=O)NC(C)C)c1. The average Bonchev–Trinajstić information content (AvgIpc) is 2.61. The second-order valence-electron chi connectivity index (χ2n) is 7.20. The highest BCUT2D eigenvalue weighted by molar-refractivity contribution is 7.86. The van der Waals surface area contributed by atoms with Crippen LogP contribution in [-0.2, 0) is 11.0 Å². The summed E-state index contributed by atoms with van der Waals surface area (Å²) in [5.74, 6) is -0.458. The minimum Gasteiger partial charge on any atom is -0.350 e. The third-order valence-electron chi connectivity index (χ3n) is 3.81. The van der Waals surface area contributed by atoms with Gasteiger partial charge in [0.25, 0.3) is 11.8 Å². The van der Waals surface area contributed by atoms with Gasteiger partial charge in [0.05, 0.1) is 0 Å². The molecule has 2 amide bonds. The van der Waals surface area contributed by atoms with Crippen molar-refractivity contribution in [2.75, 3.05) is 10.0 Å². The van der Waals surface area contributed by atoms with Gasteiger partial charge >= 0.3 is 0 Å². The van der Waals surface area contributed by atoms with Crippen molar-refractivity contribution in [1.82, 2.24) is 5.32 Å². The third-order valence-corrected chi connectivity index (χ3v) is 5.10. The molecule has 2 aromatic rings. The van der Waals surface area contributed by atoms with Gasteiger partial charge in [0.1, 0.15) is 11.0 Å². The molecule has 0 aliphatic rings. The Morgan fingerprint density at radius 1 is 0.857 bits per heavy atom. The molecule has 0 radical (unpaired) electrons. The van der Waals surface area contributed by atoms with Gasteiger partial charge in [0.15, 0.2) is 0 Å². The van der Waals surface area contributed by atoms with Gasteiger partial charge in [-0.05, 0) is 82.6 Å². The van der Waals surface area contributed by atoms with Crippen molar-refractivity contribution in [1.29, 1.82) is 0 Å².